The number of methoxy groups -OCH3 is 1. The van der Waals surface area contributed by atoms with Crippen molar-refractivity contribution in [2.45, 2.75) is 51.6 Å². The van der Waals surface area contributed by atoms with Gasteiger partial charge in [-0.25, -0.2) is 0 Å². The molecular formula is C13H26N2O2. The SMILES string of the molecule is CCNC1(C(=O)OC)CCCN(C(C)C)CC1. The summed E-state index contributed by atoms with van der Waals surface area (Å²) in [4.78, 5) is 14.4. The molecule has 0 aromatic rings. The summed E-state index contributed by atoms with van der Waals surface area (Å²) in [6.07, 6.45) is 2.75. The molecule has 1 rings (SSSR count). The van der Waals surface area contributed by atoms with Crippen LogP contribution in [-0.4, -0.2) is 49.2 Å². The van der Waals surface area contributed by atoms with Crippen molar-refractivity contribution in [2.24, 2.45) is 0 Å². The van der Waals surface area contributed by atoms with Gasteiger partial charge in [-0.2, -0.15) is 0 Å². The van der Waals surface area contributed by atoms with Crippen LogP contribution in [0.15, 0.2) is 0 Å². The average molecular weight is 242 g/mol. The Hall–Kier alpha value is -0.610. The third kappa shape index (κ3) is 3.42. The quantitative estimate of drug-likeness (QED) is 0.757. The van der Waals surface area contributed by atoms with E-state index in [0.29, 0.717) is 6.04 Å². The number of hydrogen-bond donors (Lipinski definition) is 1. The Labute approximate surface area is 105 Å². The molecule has 1 N–H and O–H groups in total. The van der Waals surface area contributed by atoms with Crippen molar-refractivity contribution in [3.8, 4) is 0 Å². The van der Waals surface area contributed by atoms with Gasteiger partial charge in [0.15, 0.2) is 0 Å². The third-order valence-electron chi connectivity index (χ3n) is 3.70. The molecule has 17 heavy (non-hydrogen) atoms. The first-order chi connectivity index (χ1) is 8.05. The third-order valence-corrected chi connectivity index (χ3v) is 3.70. The maximum absolute atomic E-state index is 12.0. The molecule has 0 aliphatic carbocycles. The van der Waals surface area contributed by atoms with Gasteiger partial charge >= 0.3 is 5.97 Å². The number of hydrogen-bond acceptors (Lipinski definition) is 4. The Morgan fingerprint density at radius 1 is 1.41 bits per heavy atom. The first-order valence-electron chi connectivity index (χ1n) is 6.63. The van der Waals surface area contributed by atoms with Gasteiger partial charge in [0.05, 0.1) is 7.11 Å². The van der Waals surface area contributed by atoms with Gasteiger partial charge in [0, 0.05) is 12.6 Å². The van der Waals surface area contributed by atoms with Crippen LogP contribution in [0.1, 0.15) is 40.0 Å². The Kier molecular flexibility index (Phi) is 5.40. The van der Waals surface area contributed by atoms with Crippen LogP contribution in [0.2, 0.25) is 0 Å². The predicted octanol–water partition coefficient (Wildman–Crippen LogP) is 1.40. The van der Waals surface area contributed by atoms with E-state index in [0.717, 1.165) is 38.9 Å². The van der Waals surface area contributed by atoms with E-state index < -0.39 is 5.54 Å². The van der Waals surface area contributed by atoms with E-state index in [2.05, 4.69) is 24.1 Å². The van der Waals surface area contributed by atoms with Crippen molar-refractivity contribution in [2.75, 3.05) is 26.7 Å². The fourth-order valence-corrected chi connectivity index (χ4v) is 2.66. The first-order valence-corrected chi connectivity index (χ1v) is 6.63. The summed E-state index contributed by atoms with van der Waals surface area (Å²) in [6.45, 7) is 9.28. The predicted molar refractivity (Wildman–Crippen MR) is 69.0 cm³/mol. The molecule has 0 amide bonds. The summed E-state index contributed by atoms with van der Waals surface area (Å²) in [5, 5.41) is 3.35. The Bertz CT molecular complexity index is 256. The number of nitrogens with zero attached hydrogens (tertiary/aromatic N) is 1. The van der Waals surface area contributed by atoms with E-state index >= 15 is 0 Å². The number of rotatable bonds is 4. The summed E-state index contributed by atoms with van der Waals surface area (Å²) in [6, 6.07) is 0.546. The Morgan fingerprint density at radius 2 is 2.12 bits per heavy atom. The Morgan fingerprint density at radius 3 is 2.65 bits per heavy atom. The minimum atomic E-state index is -0.465. The molecule has 1 fully saturated rings. The van der Waals surface area contributed by atoms with Gasteiger partial charge in [-0.1, -0.05) is 6.92 Å². The lowest BCUT2D eigenvalue weighted by Gasteiger charge is -2.31. The van der Waals surface area contributed by atoms with Gasteiger partial charge in [0.2, 0.25) is 0 Å². The fraction of sp³-hybridized carbons (Fsp3) is 0.923. The zero-order valence-electron chi connectivity index (χ0n) is 11.6. The minimum absolute atomic E-state index is 0.107. The summed E-state index contributed by atoms with van der Waals surface area (Å²) in [5.74, 6) is -0.107. The highest BCUT2D eigenvalue weighted by molar-refractivity contribution is 5.80. The van der Waals surface area contributed by atoms with E-state index in [4.69, 9.17) is 4.74 Å². The maximum atomic E-state index is 12.0. The van der Waals surface area contributed by atoms with Crippen molar-refractivity contribution < 1.29 is 9.53 Å². The molecule has 4 nitrogen and oxygen atoms in total. The van der Waals surface area contributed by atoms with Gasteiger partial charge < -0.3 is 15.0 Å². The molecular weight excluding hydrogens is 216 g/mol. The smallest absolute Gasteiger partial charge is 0.326 e. The molecule has 0 bridgehead atoms. The summed E-state index contributed by atoms with van der Waals surface area (Å²) >= 11 is 0. The van der Waals surface area contributed by atoms with Crippen LogP contribution in [0.4, 0.5) is 0 Å². The van der Waals surface area contributed by atoms with Crippen molar-refractivity contribution in [1.82, 2.24) is 10.2 Å². The molecule has 1 saturated heterocycles. The monoisotopic (exact) mass is 242 g/mol. The molecule has 0 saturated carbocycles. The number of carbonyl (C=O) groups excluding carboxylic acids is 1. The second-order valence-corrected chi connectivity index (χ2v) is 5.09. The molecule has 1 unspecified atom stereocenters. The van der Waals surface area contributed by atoms with Crippen LogP contribution < -0.4 is 5.32 Å². The van der Waals surface area contributed by atoms with Crippen molar-refractivity contribution >= 4 is 5.97 Å². The topological polar surface area (TPSA) is 41.6 Å². The number of esters is 1. The fourth-order valence-electron chi connectivity index (χ4n) is 2.66. The molecule has 1 atom stereocenters. The molecule has 1 aliphatic heterocycles. The standard InChI is InChI=1S/C13H26N2O2/c1-5-14-13(12(16)17-4)7-6-9-15(10-8-13)11(2)3/h11,14H,5-10H2,1-4H3. The molecule has 0 spiro atoms. The molecule has 1 heterocycles. The summed E-state index contributed by atoms with van der Waals surface area (Å²) in [7, 11) is 1.48. The van der Waals surface area contributed by atoms with Gasteiger partial charge in [-0.3, -0.25) is 4.79 Å². The van der Waals surface area contributed by atoms with Crippen molar-refractivity contribution in [3.63, 3.8) is 0 Å². The van der Waals surface area contributed by atoms with Crippen LogP contribution in [0, 0.1) is 0 Å². The molecule has 0 radical (unpaired) electrons. The van der Waals surface area contributed by atoms with Gasteiger partial charge in [0.25, 0.3) is 0 Å². The van der Waals surface area contributed by atoms with Gasteiger partial charge in [-0.15, -0.1) is 0 Å². The number of ether oxygens (including phenoxy) is 1. The zero-order valence-corrected chi connectivity index (χ0v) is 11.6. The number of carbonyl (C=O) groups is 1. The molecule has 0 aromatic carbocycles. The summed E-state index contributed by atoms with van der Waals surface area (Å²) < 4.78 is 4.98. The normalized spacial score (nSPS) is 26.9. The van der Waals surface area contributed by atoms with Crippen LogP contribution in [0.3, 0.4) is 0 Å². The molecule has 100 valence electrons. The molecule has 4 heteroatoms. The highest BCUT2D eigenvalue weighted by Crippen LogP contribution is 2.24. The van der Waals surface area contributed by atoms with Gasteiger partial charge in [0.1, 0.15) is 5.54 Å². The number of nitrogens with one attached hydrogen (secondary N) is 1. The highest BCUT2D eigenvalue weighted by Gasteiger charge is 2.40. The summed E-state index contributed by atoms with van der Waals surface area (Å²) in [5.41, 5.74) is -0.465. The van der Waals surface area contributed by atoms with Crippen LogP contribution >= 0.6 is 0 Å². The first kappa shape index (κ1) is 14.5. The molecule has 0 aromatic heterocycles. The zero-order chi connectivity index (χ0) is 12.9. The van der Waals surface area contributed by atoms with Crippen molar-refractivity contribution in [3.05, 3.63) is 0 Å². The van der Waals surface area contributed by atoms with E-state index in [1.165, 1.54) is 7.11 Å². The van der Waals surface area contributed by atoms with E-state index in [1.54, 1.807) is 0 Å². The van der Waals surface area contributed by atoms with E-state index in [-0.39, 0.29) is 5.97 Å². The van der Waals surface area contributed by atoms with E-state index in [1.807, 2.05) is 6.92 Å². The second-order valence-electron chi connectivity index (χ2n) is 5.09. The lowest BCUT2D eigenvalue weighted by Crippen LogP contribution is -2.53. The molecule has 1 aliphatic rings. The van der Waals surface area contributed by atoms with Crippen molar-refractivity contribution in [1.29, 1.82) is 0 Å². The second kappa shape index (κ2) is 6.36. The largest absolute Gasteiger partial charge is 0.468 e. The lowest BCUT2D eigenvalue weighted by molar-refractivity contribution is -0.149. The lowest BCUT2D eigenvalue weighted by atomic mass is 9.90. The maximum Gasteiger partial charge on any atom is 0.326 e. The van der Waals surface area contributed by atoms with Crippen LogP contribution in [0.5, 0.6) is 0 Å². The Balaban J connectivity index is 2.75. The average Bonchev–Trinajstić information content (AvgIpc) is 2.52. The number of likely N-dealkylation sites (N-methyl/N-ethyl adjacent to an activating group) is 1. The minimum Gasteiger partial charge on any atom is -0.468 e. The van der Waals surface area contributed by atoms with Gasteiger partial charge in [-0.05, 0) is 46.2 Å². The van der Waals surface area contributed by atoms with Crippen LogP contribution in [0.25, 0.3) is 0 Å². The van der Waals surface area contributed by atoms with Crippen LogP contribution in [-0.2, 0) is 9.53 Å². The highest BCUT2D eigenvalue weighted by atomic mass is 16.5. The van der Waals surface area contributed by atoms with E-state index in [9.17, 15) is 4.79 Å². The number of likely N-dealkylation sites (tertiary alicyclic amines) is 1.